The number of hydrogen-bond acceptors (Lipinski definition) is 3. The predicted octanol–water partition coefficient (Wildman–Crippen LogP) is 0.637. The van der Waals surface area contributed by atoms with Crippen molar-refractivity contribution in [2.24, 2.45) is 0 Å². The van der Waals surface area contributed by atoms with Gasteiger partial charge in [0.15, 0.2) is 0 Å². The number of piperidine rings is 1. The van der Waals surface area contributed by atoms with Gasteiger partial charge in [0.25, 0.3) is 0 Å². The van der Waals surface area contributed by atoms with Crippen molar-refractivity contribution in [1.29, 1.82) is 0 Å². The van der Waals surface area contributed by atoms with Crippen LogP contribution in [0.25, 0.3) is 0 Å². The van der Waals surface area contributed by atoms with Gasteiger partial charge in [-0.3, -0.25) is 4.79 Å². The van der Waals surface area contributed by atoms with Gasteiger partial charge in [0.2, 0.25) is 5.91 Å². The topological polar surface area (TPSA) is 64.7 Å². The number of hydrogen-bond donors (Lipinski definition) is 2. The Morgan fingerprint density at radius 1 is 1.30 bits per heavy atom. The first-order valence-electron chi connectivity index (χ1n) is 7.45. The Labute approximate surface area is 121 Å². The molecule has 6 nitrogen and oxygen atoms in total. The Morgan fingerprint density at radius 3 is 2.40 bits per heavy atom. The molecule has 1 aliphatic rings. The van der Waals surface area contributed by atoms with Gasteiger partial charge in [-0.2, -0.15) is 0 Å². The lowest BCUT2D eigenvalue weighted by atomic mass is 10.0. The minimum atomic E-state index is -0.178. The van der Waals surface area contributed by atoms with Crippen LogP contribution in [-0.4, -0.2) is 67.6 Å². The molecule has 20 heavy (non-hydrogen) atoms. The quantitative estimate of drug-likeness (QED) is 0.778. The fourth-order valence-electron chi connectivity index (χ4n) is 2.35. The van der Waals surface area contributed by atoms with E-state index in [2.05, 4.69) is 10.6 Å². The average molecular weight is 284 g/mol. The van der Waals surface area contributed by atoms with Crippen LogP contribution in [0.15, 0.2) is 0 Å². The normalized spacial score (nSPS) is 17.7. The SMILES string of the molecule is CCCNC(=O)C(C)NC1CCN(C(=O)N(C)C)CC1. The molecular formula is C14H28N4O2. The fraction of sp³-hybridized carbons (Fsp3) is 0.857. The average Bonchev–Trinajstić information content (AvgIpc) is 2.44. The molecule has 1 saturated heterocycles. The minimum Gasteiger partial charge on any atom is -0.355 e. The summed E-state index contributed by atoms with van der Waals surface area (Å²) in [5, 5.41) is 6.24. The first-order valence-corrected chi connectivity index (χ1v) is 7.45. The van der Waals surface area contributed by atoms with E-state index in [1.807, 2.05) is 18.7 Å². The predicted molar refractivity (Wildman–Crippen MR) is 79.6 cm³/mol. The van der Waals surface area contributed by atoms with Crippen molar-refractivity contribution in [3.63, 3.8) is 0 Å². The third-order valence-electron chi connectivity index (χ3n) is 3.58. The van der Waals surface area contributed by atoms with Gasteiger partial charge in [0.1, 0.15) is 0 Å². The summed E-state index contributed by atoms with van der Waals surface area (Å²) in [6.45, 7) is 6.15. The maximum atomic E-state index is 11.8. The lowest BCUT2D eigenvalue weighted by Crippen LogP contribution is -2.52. The smallest absolute Gasteiger partial charge is 0.319 e. The molecule has 3 amide bonds. The fourth-order valence-corrected chi connectivity index (χ4v) is 2.35. The van der Waals surface area contributed by atoms with E-state index in [-0.39, 0.29) is 18.0 Å². The van der Waals surface area contributed by atoms with Crippen molar-refractivity contribution >= 4 is 11.9 Å². The van der Waals surface area contributed by atoms with Crippen LogP contribution < -0.4 is 10.6 Å². The zero-order valence-corrected chi connectivity index (χ0v) is 13.1. The summed E-state index contributed by atoms with van der Waals surface area (Å²) < 4.78 is 0. The van der Waals surface area contributed by atoms with E-state index in [0.29, 0.717) is 6.04 Å². The number of amides is 3. The van der Waals surface area contributed by atoms with E-state index in [4.69, 9.17) is 0 Å². The van der Waals surface area contributed by atoms with Crippen LogP contribution in [0.5, 0.6) is 0 Å². The number of nitrogens with zero attached hydrogens (tertiary/aromatic N) is 2. The monoisotopic (exact) mass is 284 g/mol. The molecule has 1 heterocycles. The summed E-state index contributed by atoms with van der Waals surface area (Å²) >= 11 is 0. The number of carbonyl (C=O) groups is 2. The van der Waals surface area contributed by atoms with Crippen LogP contribution in [-0.2, 0) is 4.79 Å². The lowest BCUT2D eigenvalue weighted by molar-refractivity contribution is -0.123. The van der Waals surface area contributed by atoms with Gasteiger partial charge >= 0.3 is 6.03 Å². The number of likely N-dealkylation sites (tertiary alicyclic amines) is 1. The van der Waals surface area contributed by atoms with E-state index < -0.39 is 0 Å². The van der Waals surface area contributed by atoms with Gasteiger partial charge in [0, 0.05) is 39.8 Å². The Hall–Kier alpha value is -1.30. The molecule has 1 aliphatic heterocycles. The third-order valence-corrected chi connectivity index (χ3v) is 3.58. The van der Waals surface area contributed by atoms with Crippen LogP contribution in [0.1, 0.15) is 33.1 Å². The third kappa shape index (κ3) is 5.00. The summed E-state index contributed by atoms with van der Waals surface area (Å²) in [4.78, 5) is 27.1. The van der Waals surface area contributed by atoms with E-state index in [9.17, 15) is 9.59 Å². The van der Waals surface area contributed by atoms with Gasteiger partial charge in [-0.1, -0.05) is 6.92 Å². The van der Waals surface area contributed by atoms with Crippen molar-refractivity contribution in [3.05, 3.63) is 0 Å². The standard InChI is InChI=1S/C14H28N4O2/c1-5-8-15-13(19)11(2)16-12-6-9-18(10-7-12)14(20)17(3)4/h11-12,16H,5-10H2,1-4H3,(H,15,19). The van der Waals surface area contributed by atoms with Gasteiger partial charge in [-0.05, 0) is 26.2 Å². The largest absolute Gasteiger partial charge is 0.355 e. The Bertz CT molecular complexity index is 325. The lowest BCUT2D eigenvalue weighted by Gasteiger charge is -2.35. The number of urea groups is 1. The molecule has 0 aromatic rings. The number of rotatable bonds is 5. The van der Waals surface area contributed by atoms with Crippen molar-refractivity contribution in [1.82, 2.24) is 20.4 Å². The summed E-state index contributed by atoms with van der Waals surface area (Å²) in [5.74, 6) is 0.0543. The molecule has 1 unspecified atom stereocenters. The molecule has 0 spiro atoms. The number of nitrogens with one attached hydrogen (secondary N) is 2. The highest BCUT2D eigenvalue weighted by Gasteiger charge is 2.25. The minimum absolute atomic E-state index is 0.0543. The van der Waals surface area contributed by atoms with E-state index in [1.165, 1.54) is 0 Å². The maximum absolute atomic E-state index is 11.8. The molecule has 1 atom stereocenters. The summed E-state index contributed by atoms with van der Waals surface area (Å²) in [6.07, 6.45) is 2.74. The van der Waals surface area contributed by atoms with Crippen molar-refractivity contribution < 1.29 is 9.59 Å². The molecule has 0 bridgehead atoms. The molecular weight excluding hydrogens is 256 g/mol. The summed E-state index contributed by atoms with van der Waals surface area (Å²) in [7, 11) is 3.54. The zero-order valence-electron chi connectivity index (χ0n) is 13.1. The highest BCUT2D eigenvalue weighted by Crippen LogP contribution is 2.12. The highest BCUT2D eigenvalue weighted by molar-refractivity contribution is 5.81. The first kappa shape index (κ1) is 16.8. The van der Waals surface area contributed by atoms with Crippen molar-refractivity contribution in [2.75, 3.05) is 33.7 Å². The molecule has 6 heteroatoms. The van der Waals surface area contributed by atoms with E-state index >= 15 is 0 Å². The van der Waals surface area contributed by atoms with Crippen LogP contribution >= 0.6 is 0 Å². The van der Waals surface area contributed by atoms with Crippen LogP contribution in [0.3, 0.4) is 0 Å². The Balaban J connectivity index is 2.31. The Morgan fingerprint density at radius 2 is 1.90 bits per heavy atom. The van der Waals surface area contributed by atoms with Gasteiger partial charge < -0.3 is 20.4 Å². The van der Waals surface area contributed by atoms with Crippen LogP contribution in [0.2, 0.25) is 0 Å². The molecule has 116 valence electrons. The van der Waals surface area contributed by atoms with Crippen LogP contribution in [0, 0.1) is 0 Å². The molecule has 1 fully saturated rings. The second-order valence-electron chi connectivity index (χ2n) is 5.62. The van der Waals surface area contributed by atoms with Crippen molar-refractivity contribution in [2.45, 2.75) is 45.2 Å². The maximum Gasteiger partial charge on any atom is 0.319 e. The first-order chi connectivity index (χ1) is 9.45. The molecule has 1 rings (SSSR count). The van der Waals surface area contributed by atoms with Gasteiger partial charge in [0.05, 0.1) is 6.04 Å². The molecule has 0 aromatic heterocycles. The van der Waals surface area contributed by atoms with Gasteiger partial charge in [-0.25, -0.2) is 4.79 Å². The summed E-state index contributed by atoms with van der Waals surface area (Å²) in [5.41, 5.74) is 0. The second-order valence-corrected chi connectivity index (χ2v) is 5.62. The van der Waals surface area contributed by atoms with E-state index in [1.54, 1.807) is 19.0 Å². The molecule has 2 N–H and O–H groups in total. The van der Waals surface area contributed by atoms with E-state index in [0.717, 1.165) is 38.9 Å². The number of carbonyl (C=O) groups excluding carboxylic acids is 2. The van der Waals surface area contributed by atoms with Gasteiger partial charge in [-0.15, -0.1) is 0 Å². The molecule has 0 saturated carbocycles. The zero-order chi connectivity index (χ0) is 15.1. The van der Waals surface area contributed by atoms with Crippen molar-refractivity contribution in [3.8, 4) is 0 Å². The van der Waals surface area contributed by atoms with Crippen LogP contribution in [0.4, 0.5) is 4.79 Å². The summed E-state index contributed by atoms with van der Waals surface area (Å²) in [6, 6.07) is 0.198. The molecule has 0 aromatic carbocycles. The second kappa shape index (κ2) is 8.09. The molecule has 0 radical (unpaired) electrons. The highest BCUT2D eigenvalue weighted by atomic mass is 16.2. The Kier molecular flexibility index (Phi) is 6.78. The molecule has 0 aliphatic carbocycles.